The van der Waals surface area contributed by atoms with Crippen molar-refractivity contribution in [3.8, 4) is 11.4 Å². The molecule has 0 aliphatic rings. The number of imidazole rings is 1. The predicted octanol–water partition coefficient (Wildman–Crippen LogP) is 3.74. The normalized spacial score (nSPS) is 13.5. The highest BCUT2D eigenvalue weighted by atomic mass is 16.2. The predicted molar refractivity (Wildman–Crippen MR) is 121 cm³/mol. The van der Waals surface area contributed by atoms with Gasteiger partial charge in [0.05, 0.1) is 18.3 Å². The van der Waals surface area contributed by atoms with Gasteiger partial charge < -0.3 is 4.98 Å². The minimum atomic E-state index is -0.329. The van der Waals surface area contributed by atoms with Gasteiger partial charge in [-0.25, -0.2) is 9.78 Å². The zero-order valence-electron chi connectivity index (χ0n) is 18.4. The van der Waals surface area contributed by atoms with E-state index in [1.165, 1.54) is 4.57 Å². The molecule has 0 saturated heterocycles. The highest BCUT2D eigenvalue weighted by Crippen LogP contribution is 2.21. The van der Waals surface area contributed by atoms with Gasteiger partial charge in [-0.05, 0) is 32.3 Å². The van der Waals surface area contributed by atoms with Crippen LogP contribution in [0.4, 0.5) is 0 Å². The number of aromatic nitrogens is 6. The van der Waals surface area contributed by atoms with Gasteiger partial charge in [0.1, 0.15) is 11.3 Å². The third kappa shape index (κ3) is 3.73. The van der Waals surface area contributed by atoms with Crippen molar-refractivity contribution >= 4 is 11.2 Å². The summed E-state index contributed by atoms with van der Waals surface area (Å²) in [4.78, 5) is 34.2. The lowest BCUT2D eigenvalue weighted by atomic mass is 10.2. The second-order valence-electron chi connectivity index (χ2n) is 8.04. The number of H-pyrrole nitrogens is 1. The molecule has 1 aromatic carbocycles. The van der Waals surface area contributed by atoms with E-state index in [1.54, 1.807) is 10.8 Å². The molecule has 4 rings (SSSR count). The molecule has 0 fully saturated rings. The van der Waals surface area contributed by atoms with Crippen molar-refractivity contribution in [3.63, 3.8) is 0 Å². The Balaban J connectivity index is 1.83. The molecular formula is C23H28N6O2. The average molecular weight is 421 g/mol. The second-order valence-corrected chi connectivity index (χ2v) is 8.04. The summed E-state index contributed by atoms with van der Waals surface area (Å²) in [5.41, 5.74) is 2.03. The summed E-state index contributed by atoms with van der Waals surface area (Å²) in [6.45, 7) is 8.48. The van der Waals surface area contributed by atoms with Crippen molar-refractivity contribution in [3.05, 3.63) is 69.1 Å². The number of nitrogens with one attached hydrogen (secondary N) is 1. The third-order valence-corrected chi connectivity index (χ3v) is 5.92. The van der Waals surface area contributed by atoms with Crippen LogP contribution in [0.25, 0.3) is 22.6 Å². The summed E-state index contributed by atoms with van der Waals surface area (Å²) in [6, 6.07) is 9.79. The maximum absolute atomic E-state index is 13.2. The molecule has 2 unspecified atom stereocenters. The lowest BCUT2D eigenvalue weighted by Crippen LogP contribution is -2.42. The SMILES string of the molecule is CCC(C)n1c(=O)c2[nH]c(-c3cnn(Cc4ccccc4)c3)nc2n(C(C)CC)c1=O. The fourth-order valence-electron chi connectivity index (χ4n) is 3.73. The maximum atomic E-state index is 13.2. The Morgan fingerprint density at radius 2 is 1.68 bits per heavy atom. The van der Waals surface area contributed by atoms with Crippen LogP contribution in [0.2, 0.25) is 0 Å². The van der Waals surface area contributed by atoms with E-state index in [9.17, 15) is 9.59 Å². The first-order chi connectivity index (χ1) is 14.9. The summed E-state index contributed by atoms with van der Waals surface area (Å²) in [5.74, 6) is 0.532. The first kappa shape index (κ1) is 20.8. The molecule has 3 heterocycles. The first-order valence-electron chi connectivity index (χ1n) is 10.8. The van der Waals surface area contributed by atoms with Crippen molar-refractivity contribution in [1.29, 1.82) is 0 Å². The number of aromatic amines is 1. The molecule has 0 spiro atoms. The molecule has 8 heteroatoms. The summed E-state index contributed by atoms with van der Waals surface area (Å²) in [6.07, 6.45) is 5.06. The third-order valence-electron chi connectivity index (χ3n) is 5.92. The Labute approximate surface area is 180 Å². The number of rotatable bonds is 7. The molecule has 0 aliphatic carbocycles. The van der Waals surface area contributed by atoms with E-state index in [-0.39, 0.29) is 23.3 Å². The second kappa shape index (κ2) is 8.37. The molecule has 0 radical (unpaired) electrons. The largest absolute Gasteiger partial charge is 0.333 e. The summed E-state index contributed by atoms with van der Waals surface area (Å²) >= 11 is 0. The standard InChI is InChI=1S/C23H28N6O2/c1-5-15(3)28-21-19(22(30)29(23(28)31)16(4)6-2)25-20(26-21)18-12-24-27(14-18)13-17-10-8-7-9-11-17/h7-12,14-16H,5-6,13H2,1-4H3,(H,25,26). The van der Waals surface area contributed by atoms with Crippen LogP contribution in [0.5, 0.6) is 0 Å². The van der Waals surface area contributed by atoms with Gasteiger partial charge in [-0.1, -0.05) is 44.2 Å². The summed E-state index contributed by atoms with van der Waals surface area (Å²) < 4.78 is 4.81. The zero-order chi connectivity index (χ0) is 22.1. The molecule has 0 saturated carbocycles. The summed E-state index contributed by atoms with van der Waals surface area (Å²) in [7, 11) is 0. The molecule has 0 amide bonds. The molecule has 8 nitrogen and oxygen atoms in total. The van der Waals surface area contributed by atoms with Gasteiger partial charge in [-0.2, -0.15) is 5.10 Å². The minimum Gasteiger partial charge on any atom is -0.332 e. The van der Waals surface area contributed by atoms with Crippen LogP contribution in [-0.4, -0.2) is 28.9 Å². The monoisotopic (exact) mass is 420 g/mol. The van der Waals surface area contributed by atoms with Gasteiger partial charge in [-0.3, -0.25) is 18.6 Å². The molecule has 2 atom stereocenters. The van der Waals surface area contributed by atoms with Crippen molar-refractivity contribution in [2.24, 2.45) is 0 Å². The van der Waals surface area contributed by atoms with Gasteiger partial charge in [-0.15, -0.1) is 0 Å². The van der Waals surface area contributed by atoms with Crippen LogP contribution in [0.3, 0.4) is 0 Å². The van der Waals surface area contributed by atoms with Crippen molar-refractivity contribution < 1.29 is 0 Å². The Kier molecular flexibility index (Phi) is 5.63. The zero-order valence-corrected chi connectivity index (χ0v) is 18.4. The average Bonchev–Trinajstić information content (AvgIpc) is 3.41. The Hall–Kier alpha value is -3.42. The Morgan fingerprint density at radius 1 is 1.00 bits per heavy atom. The molecule has 31 heavy (non-hydrogen) atoms. The Bertz CT molecular complexity index is 1310. The molecule has 0 aliphatic heterocycles. The van der Waals surface area contributed by atoms with E-state index in [4.69, 9.17) is 0 Å². The Morgan fingerprint density at radius 3 is 2.35 bits per heavy atom. The fourth-order valence-corrected chi connectivity index (χ4v) is 3.73. The van der Waals surface area contributed by atoms with E-state index in [2.05, 4.69) is 15.1 Å². The molecular weight excluding hydrogens is 392 g/mol. The van der Waals surface area contributed by atoms with Crippen LogP contribution >= 0.6 is 0 Å². The topological polar surface area (TPSA) is 90.5 Å². The highest BCUT2D eigenvalue weighted by Gasteiger charge is 2.22. The van der Waals surface area contributed by atoms with Crippen LogP contribution in [0.15, 0.2) is 52.3 Å². The molecule has 1 N–H and O–H groups in total. The summed E-state index contributed by atoms with van der Waals surface area (Å²) in [5, 5.41) is 4.44. The number of fused-ring (bicyclic) bond motifs is 1. The number of hydrogen-bond donors (Lipinski definition) is 1. The van der Waals surface area contributed by atoms with Gasteiger partial charge >= 0.3 is 5.69 Å². The van der Waals surface area contributed by atoms with E-state index in [0.717, 1.165) is 17.5 Å². The van der Waals surface area contributed by atoms with Gasteiger partial charge in [0.15, 0.2) is 5.65 Å². The van der Waals surface area contributed by atoms with Crippen molar-refractivity contribution in [1.82, 2.24) is 28.9 Å². The quantitative estimate of drug-likeness (QED) is 0.493. The van der Waals surface area contributed by atoms with Crippen LogP contribution in [-0.2, 0) is 6.54 Å². The molecule has 162 valence electrons. The van der Waals surface area contributed by atoms with Gasteiger partial charge in [0.2, 0.25) is 0 Å². The fraction of sp³-hybridized carbons (Fsp3) is 0.391. The van der Waals surface area contributed by atoms with E-state index in [0.29, 0.717) is 30.0 Å². The lowest BCUT2D eigenvalue weighted by molar-refractivity contribution is 0.438. The van der Waals surface area contributed by atoms with Crippen molar-refractivity contribution in [2.45, 2.75) is 59.2 Å². The lowest BCUT2D eigenvalue weighted by Gasteiger charge is -2.18. The number of nitrogens with zero attached hydrogens (tertiary/aromatic N) is 5. The van der Waals surface area contributed by atoms with E-state index < -0.39 is 0 Å². The molecule has 0 bridgehead atoms. The first-order valence-corrected chi connectivity index (χ1v) is 10.8. The minimum absolute atomic E-state index is 0.0807. The van der Waals surface area contributed by atoms with Gasteiger partial charge in [0.25, 0.3) is 5.56 Å². The van der Waals surface area contributed by atoms with Crippen LogP contribution < -0.4 is 11.2 Å². The highest BCUT2D eigenvalue weighted by molar-refractivity contribution is 5.75. The number of hydrogen-bond acceptors (Lipinski definition) is 4. The maximum Gasteiger partial charge on any atom is 0.333 e. The number of benzene rings is 1. The molecule has 3 aromatic heterocycles. The van der Waals surface area contributed by atoms with Gasteiger partial charge in [0, 0.05) is 18.3 Å². The smallest absolute Gasteiger partial charge is 0.332 e. The van der Waals surface area contributed by atoms with Crippen LogP contribution in [0, 0.1) is 0 Å². The van der Waals surface area contributed by atoms with Crippen molar-refractivity contribution in [2.75, 3.05) is 0 Å². The van der Waals surface area contributed by atoms with E-state index in [1.807, 2.05) is 68.9 Å². The van der Waals surface area contributed by atoms with E-state index >= 15 is 0 Å². The molecule has 4 aromatic rings. The van der Waals surface area contributed by atoms with Crippen LogP contribution in [0.1, 0.15) is 58.2 Å².